The Hall–Kier alpha value is -0.570. The van der Waals surface area contributed by atoms with Gasteiger partial charge in [0.05, 0.1) is 6.42 Å². The second-order valence-corrected chi connectivity index (χ2v) is 4.57. The Kier molecular flexibility index (Phi) is 3.93. The van der Waals surface area contributed by atoms with Crippen molar-refractivity contribution < 1.29 is 9.90 Å². The van der Waals surface area contributed by atoms with Crippen LogP contribution in [0.4, 0.5) is 0 Å². The Labute approximate surface area is 85.9 Å². The van der Waals surface area contributed by atoms with Gasteiger partial charge in [-0.15, -0.1) is 0 Å². The molecule has 0 saturated heterocycles. The molecule has 0 aromatic heterocycles. The van der Waals surface area contributed by atoms with Crippen molar-refractivity contribution in [1.82, 2.24) is 5.32 Å². The Morgan fingerprint density at radius 2 is 2.00 bits per heavy atom. The topological polar surface area (TPSA) is 49.3 Å². The number of carboxylic acids is 1. The van der Waals surface area contributed by atoms with E-state index in [4.69, 9.17) is 5.11 Å². The maximum absolute atomic E-state index is 10.8. The fraction of sp³-hybridized carbons (Fsp3) is 0.909. The summed E-state index contributed by atoms with van der Waals surface area (Å²) in [6.45, 7) is 2.04. The molecule has 0 aromatic rings. The van der Waals surface area contributed by atoms with Crippen molar-refractivity contribution in [1.29, 1.82) is 0 Å². The van der Waals surface area contributed by atoms with Crippen LogP contribution in [0.2, 0.25) is 0 Å². The van der Waals surface area contributed by atoms with E-state index >= 15 is 0 Å². The zero-order valence-electron chi connectivity index (χ0n) is 9.18. The molecule has 82 valence electrons. The van der Waals surface area contributed by atoms with Gasteiger partial charge in [-0.1, -0.05) is 19.3 Å². The Morgan fingerprint density at radius 3 is 2.43 bits per heavy atom. The third-order valence-corrected chi connectivity index (χ3v) is 3.60. The van der Waals surface area contributed by atoms with Gasteiger partial charge in [-0.25, -0.2) is 0 Å². The summed E-state index contributed by atoms with van der Waals surface area (Å²) in [7, 11) is 1.87. The summed E-state index contributed by atoms with van der Waals surface area (Å²) in [5.74, 6) is -0.176. The van der Waals surface area contributed by atoms with Gasteiger partial charge in [0.15, 0.2) is 0 Å². The largest absolute Gasteiger partial charge is 0.481 e. The highest BCUT2D eigenvalue weighted by Crippen LogP contribution is 2.34. The van der Waals surface area contributed by atoms with Gasteiger partial charge in [-0.05, 0) is 32.7 Å². The molecule has 1 unspecified atom stereocenters. The highest BCUT2D eigenvalue weighted by molar-refractivity contribution is 5.68. The third-order valence-electron chi connectivity index (χ3n) is 3.60. The molecule has 0 spiro atoms. The van der Waals surface area contributed by atoms with Crippen LogP contribution < -0.4 is 5.32 Å². The van der Waals surface area contributed by atoms with Crippen LogP contribution in [0.1, 0.15) is 45.4 Å². The van der Waals surface area contributed by atoms with Crippen molar-refractivity contribution in [2.75, 3.05) is 7.05 Å². The maximum atomic E-state index is 10.8. The molecule has 0 aromatic carbocycles. The van der Waals surface area contributed by atoms with Crippen molar-refractivity contribution in [3.63, 3.8) is 0 Å². The fourth-order valence-electron chi connectivity index (χ4n) is 2.49. The minimum Gasteiger partial charge on any atom is -0.481 e. The monoisotopic (exact) mass is 199 g/mol. The molecule has 14 heavy (non-hydrogen) atoms. The van der Waals surface area contributed by atoms with Crippen molar-refractivity contribution in [2.45, 2.75) is 51.0 Å². The molecule has 0 amide bonds. The summed E-state index contributed by atoms with van der Waals surface area (Å²) in [4.78, 5) is 10.8. The van der Waals surface area contributed by atoms with Crippen molar-refractivity contribution in [3.8, 4) is 0 Å². The molecule has 1 atom stereocenters. The van der Waals surface area contributed by atoms with Crippen LogP contribution in [0.3, 0.4) is 0 Å². The number of hydrogen-bond donors (Lipinski definition) is 2. The molecule has 3 nitrogen and oxygen atoms in total. The minimum atomic E-state index is -0.701. The van der Waals surface area contributed by atoms with Crippen molar-refractivity contribution in [3.05, 3.63) is 0 Å². The summed E-state index contributed by atoms with van der Waals surface area (Å²) < 4.78 is 0. The fourth-order valence-corrected chi connectivity index (χ4v) is 2.49. The first kappa shape index (κ1) is 11.5. The quantitative estimate of drug-likeness (QED) is 0.728. The predicted molar refractivity (Wildman–Crippen MR) is 56.3 cm³/mol. The van der Waals surface area contributed by atoms with Crippen molar-refractivity contribution >= 4 is 5.97 Å². The smallest absolute Gasteiger partial charge is 0.305 e. The molecule has 0 bridgehead atoms. The molecule has 3 heteroatoms. The van der Waals surface area contributed by atoms with Crippen LogP contribution >= 0.6 is 0 Å². The van der Waals surface area contributed by atoms with Gasteiger partial charge in [0.1, 0.15) is 0 Å². The second-order valence-electron chi connectivity index (χ2n) is 4.57. The van der Waals surface area contributed by atoms with Crippen molar-refractivity contribution in [2.24, 2.45) is 5.92 Å². The van der Waals surface area contributed by atoms with Crippen LogP contribution in [-0.2, 0) is 4.79 Å². The standard InChI is InChI=1S/C11H21NO2/c1-11(12-2,8-10(13)14)9-6-4-3-5-7-9/h9,12H,3-8H2,1-2H3,(H,13,14). The molecule has 0 aliphatic heterocycles. The van der Waals surface area contributed by atoms with E-state index in [-0.39, 0.29) is 12.0 Å². The summed E-state index contributed by atoms with van der Waals surface area (Å²) in [5, 5.41) is 12.1. The first-order chi connectivity index (χ1) is 6.58. The van der Waals surface area contributed by atoms with E-state index in [9.17, 15) is 4.79 Å². The van der Waals surface area contributed by atoms with Crippen LogP contribution in [0, 0.1) is 5.92 Å². The average molecular weight is 199 g/mol. The van der Waals surface area contributed by atoms with Gasteiger partial charge in [0.25, 0.3) is 0 Å². The Bertz CT molecular complexity index is 199. The Morgan fingerprint density at radius 1 is 1.43 bits per heavy atom. The van der Waals surface area contributed by atoms with Crippen LogP contribution in [0.5, 0.6) is 0 Å². The molecule has 1 fully saturated rings. The van der Waals surface area contributed by atoms with E-state index in [2.05, 4.69) is 5.32 Å². The molecule has 2 N–H and O–H groups in total. The summed E-state index contributed by atoms with van der Waals surface area (Å²) in [6.07, 6.45) is 6.38. The normalized spacial score (nSPS) is 23.0. The minimum absolute atomic E-state index is 0.216. The molecule has 0 radical (unpaired) electrons. The highest BCUT2D eigenvalue weighted by Gasteiger charge is 2.35. The van der Waals surface area contributed by atoms with Gasteiger partial charge in [0, 0.05) is 5.54 Å². The van der Waals surface area contributed by atoms with E-state index < -0.39 is 5.97 Å². The van der Waals surface area contributed by atoms with Crippen LogP contribution in [0.25, 0.3) is 0 Å². The molecule has 1 aliphatic rings. The first-order valence-electron chi connectivity index (χ1n) is 5.49. The Balaban J connectivity index is 2.61. The van der Waals surface area contributed by atoms with E-state index in [0.717, 1.165) is 0 Å². The van der Waals surface area contributed by atoms with Crippen LogP contribution in [-0.4, -0.2) is 23.7 Å². The average Bonchev–Trinajstić information content (AvgIpc) is 2.18. The lowest BCUT2D eigenvalue weighted by molar-refractivity contribution is -0.139. The van der Waals surface area contributed by atoms with Gasteiger partial charge in [-0.3, -0.25) is 4.79 Å². The van der Waals surface area contributed by atoms with E-state index in [1.165, 1.54) is 32.1 Å². The third kappa shape index (κ3) is 2.71. The molecular formula is C11H21NO2. The highest BCUT2D eigenvalue weighted by atomic mass is 16.4. The second kappa shape index (κ2) is 4.78. The number of hydrogen-bond acceptors (Lipinski definition) is 2. The lowest BCUT2D eigenvalue weighted by Gasteiger charge is -2.38. The number of carbonyl (C=O) groups is 1. The van der Waals surface area contributed by atoms with Gasteiger partial charge >= 0.3 is 5.97 Å². The van der Waals surface area contributed by atoms with Gasteiger partial charge in [-0.2, -0.15) is 0 Å². The molecule has 1 rings (SSSR count). The summed E-state index contributed by atoms with van der Waals surface area (Å²) >= 11 is 0. The molecule has 1 saturated carbocycles. The van der Waals surface area contributed by atoms with E-state index in [1.807, 2.05) is 14.0 Å². The van der Waals surface area contributed by atoms with E-state index in [1.54, 1.807) is 0 Å². The number of aliphatic carboxylic acids is 1. The first-order valence-corrected chi connectivity index (χ1v) is 5.49. The lowest BCUT2D eigenvalue weighted by atomic mass is 9.74. The maximum Gasteiger partial charge on any atom is 0.305 e. The number of carboxylic acid groups (broad SMARTS) is 1. The number of nitrogens with one attached hydrogen (secondary N) is 1. The lowest BCUT2D eigenvalue weighted by Crippen LogP contribution is -2.49. The van der Waals surface area contributed by atoms with Crippen LogP contribution in [0.15, 0.2) is 0 Å². The molecule has 0 heterocycles. The SMILES string of the molecule is CNC(C)(CC(=O)O)C1CCCCC1. The summed E-state index contributed by atoms with van der Waals surface area (Å²) in [6, 6.07) is 0. The summed E-state index contributed by atoms with van der Waals surface area (Å²) in [5.41, 5.74) is -0.216. The molecular weight excluding hydrogens is 178 g/mol. The zero-order valence-corrected chi connectivity index (χ0v) is 9.18. The van der Waals surface area contributed by atoms with E-state index in [0.29, 0.717) is 5.92 Å². The predicted octanol–water partition coefficient (Wildman–Crippen LogP) is 2.02. The van der Waals surface area contributed by atoms with Gasteiger partial charge < -0.3 is 10.4 Å². The number of rotatable bonds is 4. The van der Waals surface area contributed by atoms with Gasteiger partial charge in [0.2, 0.25) is 0 Å². The molecule has 1 aliphatic carbocycles. The zero-order chi connectivity index (χ0) is 10.6.